The molecule has 0 amide bonds. The van der Waals surface area contributed by atoms with E-state index < -0.39 is 76.5 Å². The Kier molecular flexibility index (Phi) is 7.77. The summed E-state index contributed by atoms with van der Waals surface area (Å²) in [7, 11) is 0. The van der Waals surface area contributed by atoms with E-state index in [0.717, 1.165) is 0 Å². The molecule has 1 heterocycles. The van der Waals surface area contributed by atoms with Gasteiger partial charge in [0.2, 0.25) is 0 Å². The molecule has 36 heavy (non-hydrogen) atoms. The Morgan fingerprint density at radius 1 is 1.11 bits per heavy atom. The van der Waals surface area contributed by atoms with Crippen molar-refractivity contribution in [3.05, 3.63) is 36.5 Å². The lowest BCUT2D eigenvalue weighted by Gasteiger charge is -2.55. The minimum atomic E-state index is -2.11. The highest BCUT2D eigenvalue weighted by Gasteiger charge is 2.68. The van der Waals surface area contributed by atoms with Crippen molar-refractivity contribution >= 4 is 35.5 Å². The first-order valence-electron chi connectivity index (χ1n) is 11.8. The predicted octanol–water partition coefficient (Wildman–Crippen LogP) is 2.78. The van der Waals surface area contributed by atoms with Gasteiger partial charge in [0.15, 0.2) is 11.7 Å². The smallest absolute Gasteiger partial charge is 0.312 e. The predicted molar refractivity (Wildman–Crippen MR) is 129 cm³/mol. The average Bonchev–Trinajstić information content (AvgIpc) is 3.00. The molecule has 0 radical (unpaired) electrons. The van der Waals surface area contributed by atoms with Crippen LogP contribution in [0.2, 0.25) is 0 Å². The number of halogens is 1. The van der Waals surface area contributed by atoms with E-state index in [9.17, 15) is 24.3 Å². The van der Waals surface area contributed by atoms with Crippen molar-refractivity contribution in [1.29, 1.82) is 0 Å². The molecule has 9 atom stereocenters. The molecular formula is C26H33ClO9. The lowest BCUT2D eigenvalue weighted by atomic mass is 9.55. The third kappa shape index (κ3) is 4.59. The summed E-state index contributed by atoms with van der Waals surface area (Å²) >= 11 is 6.66. The molecule has 10 heteroatoms. The minimum Gasteiger partial charge on any atom is -0.462 e. The van der Waals surface area contributed by atoms with E-state index >= 15 is 0 Å². The summed E-state index contributed by atoms with van der Waals surface area (Å²) in [5, 5.41) is 11.2. The van der Waals surface area contributed by atoms with Gasteiger partial charge in [0, 0.05) is 26.7 Å². The van der Waals surface area contributed by atoms with Gasteiger partial charge in [-0.25, -0.2) is 0 Å². The van der Waals surface area contributed by atoms with Crippen molar-refractivity contribution in [3.63, 3.8) is 0 Å². The maximum absolute atomic E-state index is 12.8. The van der Waals surface area contributed by atoms with Crippen LogP contribution in [0.25, 0.3) is 0 Å². The first-order chi connectivity index (χ1) is 16.6. The van der Waals surface area contributed by atoms with Gasteiger partial charge in [-0.1, -0.05) is 31.7 Å². The molecule has 1 saturated carbocycles. The second kappa shape index (κ2) is 10.0. The van der Waals surface area contributed by atoms with Crippen molar-refractivity contribution in [1.82, 2.24) is 0 Å². The number of aliphatic hydroxyl groups is 1. The first-order valence-corrected chi connectivity index (χ1v) is 12.2. The van der Waals surface area contributed by atoms with E-state index in [0.29, 0.717) is 18.4 Å². The van der Waals surface area contributed by atoms with Crippen molar-refractivity contribution in [2.45, 2.75) is 82.9 Å². The van der Waals surface area contributed by atoms with E-state index in [2.05, 4.69) is 13.2 Å². The van der Waals surface area contributed by atoms with Gasteiger partial charge in [0.1, 0.15) is 18.3 Å². The fraction of sp³-hybridized carbons (Fsp3) is 0.615. The third-order valence-electron chi connectivity index (χ3n) is 7.65. The molecule has 0 unspecified atom stereocenters. The number of hydrogen-bond acceptors (Lipinski definition) is 9. The number of ether oxygens (including phenoxy) is 4. The van der Waals surface area contributed by atoms with Crippen molar-refractivity contribution in [2.24, 2.45) is 17.3 Å². The molecule has 0 bridgehead atoms. The van der Waals surface area contributed by atoms with Crippen LogP contribution in [-0.4, -0.2) is 64.4 Å². The fourth-order valence-electron chi connectivity index (χ4n) is 5.83. The number of carbonyl (C=O) groups excluding carboxylic acids is 4. The van der Waals surface area contributed by atoms with Crippen molar-refractivity contribution in [3.8, 4) is 0 Å². The van der Waals surface area contributed by atoms with Crippen LogP contribution in [0.15, 0.2) is 36.5 Å². The van der Waals surface area contributed by atoms with Gasteiger partial charge in [0.25, 0.3) is 0 Å². The third-order valence-corrected chi connectivity index (χ3v) is 8.16. The van der Waals surface area contributed by atoms with Gasteiger partial charge >= 0.3 is 23.9 Å². The second-order valence-corrected chi connectivity index (χ2v) is 10.5. The zero-order valence-electron chi connectivity index (χ0n) is 21.1. The highest BCUT2D eigenvalue weighted by atomic mass is 35.5. The standard InChI is InChI=1S/C26H33ClO9/c1-12-8-10-18(33-15(4)28)25(7)19(34-16(5)29)11-9-13(2)21(27)23-26(32,14(3)24(31)36-23)22(20(12)25)35-17(6)30/h9,11,14,18-23,32H,1-2,8,10H2,3-7H3/b11-9-/t14-,18-,19-,20+,21-,22-,23-,25+,26+/m0/s1. The molecule has 2 aliphatic carbocycles. The van der Waals surface area contributed by atoms with Crippen LogP contribution in [0.5, 0.6) is 0 Å². The molecular weight excluding hydrogens is 492 g/mol. The number of hydrogen-bond donors (Lipinski definition) is 1. The zero-order chi connectivity index (χ0) is 27.2. The Morgan fingerprint density at radius 2 is 1.69 bits per heavy atom. The summed E-state index contributed by atoms with van der Waals surface area (Å²) in [6.07, 6.45) is -0.810. The first kappa shape index (κ1) is 27.9. The highest BCUT2D eigenvalue weighted by Crippen LogP contribution is 2.56. The van der Waals surface area contributed by atoms with Gasteiger partial charge in [0.05, 0.1) is 16.7 Å². The lowest BCUT2D eigenvalue weighted by molar-refractivity contribution is -0.217. The zero-order valence-corrected chi connectivity index (χ0v) is 21.9. The fourth-order valence-corrected chi connectivity index (χ4v) is 6.15. The SMILES string of the molecule is C=C1CC[C@H](OC(C)=O)[C@]2(C)[C@@H](OC(C)=O)/C=C\C(=C)[C@H](Cl)[C@@H]3OC(=O)[C@H](C)[C@@]3(O)[C@@H](OC(C)=O)[C@@H]12. The number of alkyl halides is 1. The van der Waals surface area contributed by atoms with E-state index in [-0.39, 0.29) is 5.57 Å². The van der Waals surface area contributed by atoms with Crippen molar-refractivity contribution in [2.75, 3.05) is 0 Å². The quantitative estimate of drug-likeness (QED) is 0.256. The van der Waals surface area contributed by atoms with E-state index in [1.807, 2.05) is 0 Å². The molecule has 1 saturated heterocycles. The number of allylic oxidation sites excluding steroid dienone is 1. The largest absolute Gasteiger partial charge is 0.462 e. The molecule has 0 aromatic heterocycles. The lowest BCUT2D eigenvalue weighted by Crippen LogP contribution is -2.66. The van der Waals surface area contributed by atoms with Gasteiger partial charge < -0.3 is 24.1 Å². The number of esters is 4. The number of carbonyl (C=O) groups is 4. The van der Waals surface area contributed by atoms with Crippen LogP contribution in [0, 0.1) is 17.3 Å². The molecule has 2 fully saturated rings. The molecule has 0 aromatic rings. The maximum Gasteiger partial charge on any atom is 0.312 e. The van der Waals surface area contributed by atoms with Gasteiger partial charge in [-0.2, -0.15) is 0 Å². The molecule has 1 aliphatic heterocycles. The van der Waals surface area contributed by atoms with E-state index in [1.54, 1.807) is 13.0 Å². The molecule has 3 rings (SSSR count). The van der Waals surface area contributed by atoms with Crippen LogP contribution in [0.4, 0.5) is 0 Å². The average molecular weight is 525 g/mol. The van der Waals surface area contributed by atoms with Crippen LogP contribution in [-0.2, 0) is 38.1 Å². The Balaban J connectivity index is 2.39. The Bertz CT molecular complexity index is 1020. The molecule has 3 aliphatic rings. The van der Waals surface area contributed by atoms with E-state index in [1.165, 1.54) is 33.8 Å². The summed E-state index contributed by atoms with van der Waals surface area (Å²) in [6.45, 7) is 15.0. The second-order valence-electron chi connectivity index (χ2n) is 10.0. The Morgan fingerprint density at radius 3 is 2.25 bits per heavy atom. The summed E-state index contributed by atoms with van der Waals surface area (Å²) in [4.78, 5) is 49.5. The number of rotatable bonds is 3. The van der Waals surface area contributed by atoms with E-state index in [4.69, 9.17) is 30.5 Å². The highest BCUT2D eigenvalue weighted by molar-refractivity contribution is 6.23. The Labute approximate surface area is 215 Å². The van der Waals surface area contributed by atoms with Crippen LogP contribution < -0.4 is 0 Å². The van der Waals surface area contributed by atoms with Gasteiger partial charge in [-0.15, -0.1) is 11.6 Å². The van der Waals surface area contributed by atoms with Gasteiger partial charge in [-0.3, -0.25) is 19.2 Å². The van der Waals surface area contributed by atoms with Crippen LogP contribution >= 0.6 is 11.6 Å². The van der Waals surface area contributed by atoms with Crippen molar-refractivity contribution < 1.29 is 43.2 Å². The maximum atomic E-state index is 12.8. The topological polar surface area (TPSA) is 125 Å². The monoisotopic (exact) mass is 524 g/mol. The molecule has 198 valence electrons. The summed E-state index contributed by atoms with van der Waals surface area (Å²) in [6, 6.07) is 0. The normalized spacial score (nSPS) is 41.3. The summed E-state index contributed by atoms with van der Waals surface area (Å²) in [5.41, 5.74) is -2.57. The van der Waals surface area contributed by atoms with Crippen LogP contribution in [0.1, 0.15) is 47.5 Å². The summed E-state index contributed by atoms with van der Waals surface area (Å²) < 4.78 is 22.7. The van der Waals surface area contributed by atoms with Crippen LogP contribution in [0.3, 0.4) is 0 Å². The van der Waals surface area contributed by atoms with Gasteiger partial charge in [-0.05, 0) is 31.4 Å². The summed E-state index contributed by atoms with van der Waals surface area (Å²) in [5.74, 6) is -4.71. The Hall–Kier alpha value is -2.65. The molecule has 0 aromatic carbocycles. The molecule has 9 nitrogen and oxygen atoms in total. The minimum absolute atomic E-state index is 0.265. The number of fused-ring (bicyclic) bond motifs is 2. The molecule has 1 N–H and O–H groups in total. The molecule has 0 spiro atoms.